The van der Waals surface area contributed by atoms with Gasteiger partial charge in [0.05, 0.1) is 4.90 Å². The van der Waals surface area contributed by atoms with Crippen LogP contribution in [0.4, 0.5) is 0 Å². The number of hydrogen-bond donors (Lipinski definition) is 2. The Morgan fingerprint density at radius 1 is 0.960 bits per heavy atom. The summed E-state index contributed by atoms with van der Waals surface area (Å²) < 4.78 is 44.2. The Labute approximate surface area is 164 Å². The van der Waals surface area contributed by atoms with Gasteiger partial charge in [-0.15, -0.1) is 0 Å². The minimum absolute atomic E-state index is 0. The molecule has 0 aromatic heterocycles. The quantitative estimate of drug-likeness (QED) is 0.399. The van der Waals surface area contributed by atoms with Gasteiger partial charge in [0.2, 0.25) is 0 Å². The van der Waals surface area contributed by atoms with Gasteiger partial charge < -0.3 is 24.2 Å². The number of hydrogen-bond acceptors (Lipinski definition) is 7. The first-order chi connectivity index (χ1) is 11.2. The molecule has 0 radical (unpaired) electrons. The van der Waals surface area contributed by atoms with Gasteiger partial charge in [-0.3, -0.25) is 0 Å². The van der Waals surface area contributed by atoms with Gasteiger partial charge >= 0.3 is 41.5 Å². The molecule has 0 fully saturated rings. The molecule has 9 nitrogen and oxygen atoms in total. The van der Waals surface area contributed by atoms with Crippen LogP contribution in [0.3, 0.4) is 0 Å². The normalized spacial score (nSPS) is 10.8. The fraction of sp³-hybridized carbons (Fsp3) is 0.143. The van der Waals surface area contributed by atoms with Crippen molar-refractivity contribution >= 4 is 32.8 Å². The average molecular weight is 378 g/mol. The van der Waals surface area contributed by atoms with E-state index >= 15 is 0 Å². The van der Waals surface area contributed by atoms with E-state index in [1.165, 1.54) is 24.3 Å². The van der Waals surface area contributed by atoms with Gasteiger partial charge in [-0.1, -0.05) is 6.07 Å². The molecule has 0 aliphatic heterocycles. The molecule has 11 heteroatoms. The third kappa shape index (κ3) is 5.87. The summed E-state index contributed by atoms with van der Waals surface area (Å²) in [6.45, 7) is -1.34. The van der Waals surface area contributed by atoms with E-state index in [0.717, 1.165) is 6.07 Å². The van der Waals surface area contributed by atoms with Gasteiger partial charge in [-0.05, 0) is 29.7 Å². The molecule has 0 aliphatic rings. The molecular formula is C14H11NaO9S. The van der Waals surface area contributed by atoms with Gasteiger partial charge in [0.1, 0.15) is 21.6 Å². The smallest absolute Gasteiger partial charge is 0.744 e. The van der Waals surface area contributed by atoms with Crippen LogP contribution >= 0.6 is 0 Å². The maximum Gasteiger partial charge on any atom is 1.00 e. The predicted octanol–water partition coefficient (Wildman–Crippen LogP) is -2.33. The van der Waals surface area contributed by atoms with Gasteiger partial charge in [-0.25, -0.2) is 18.0 Å². The Bertz CT molecular complexity index is 908. The number of rotatable bonds is 7. The van der Waals surface area contributed by atoms with Crippen molar-refractivity contribution in [2.24, 2.45) is 0 Å². The summed E-state index contributed by atoms with van der Waals surface area (Å²) >= 11 is 0. The van der Waals surface area contributed by atoms with E-state index in [0.29, 0.717) is 0 Å². The molecule has 25 heavy (non-hydrogen) atoms. The van der Waals surface area contributed by atoms with E-state index in [9.17, 15) is 22.6 Å². The Morgan fingerprint density at radius 2 is 1.52 bits per heavy atom. The minimum Gasteiger partial charge on any atom is -0.744 e. The van der Waals surface area contributed by atoms with E-state index in [-0.39, 0.29) is 51.8 Å². The Kier molecular flexibility index (Phi) is 7.20. The second-order valence-electron chi connectivity index (χ2n) is 4.62. The summed E-state index contributed by atoms with van der Waals surface area (Å²) in [7, 11) is -4.89. The van der Waals surface area contributed by atoms with E-state index in [1.807, 2.05) is 0 Å². The van der Waals surface area contributed by atoms with Crippen LogP contribution in [0.2, 0.25) is 0 Å². The summed E-state index contributed by atoms with van der Waals surface area (Å²) in [5, 5.41) is 17.5. The first kappa shape index (κ1) is 21.2. The monoisotopic (exact) mass is 378 g/mol. The molecular weight excluding hydrogens is 367 g/mol. The summed E-state index contributed by atoms with van der Waals surface area (Å²) in [5.41, 5.74) is 0. The van der Waals surface area contributed by atoms with Crippen molar-refractivity contribution in [2.75, 3.05) is 13.2 Å². The van der Waals surface area contributed by atoms with Gasteiger partial charge in [0.15, 0.2) is 13.2 Å². The van der Waals surface area contributed by atoms with Gasteiger partial charge in [0, 0.05) is 5.39 Å². The third-order valence-electron chi connectivity index (χ3n) is 2.86. The summed E-state index contributed by atoms with van der Waals surface area (Å²) in [6.07, 6.45) is 0. The Balaban J connectivity index is 0.00000312. The molecule has 0 heterocycles. The molecule has 0 aliphatic carbocycles. The van der Waals surface area contributed by atoms with Crippen LogP contribution in [0.5, 0.6) is 11.5 Å². The second kappa shape index (κ2) is 8.50. The van der Waals surface area contributed by atoms with Gasteiger partial charge in [-0.2, -0.15) is 0 Å². The van der Waals surface area contributed by atoms with E-state index < -0.39 is 40.2 Å². The van der Waals surface area contributed by atoms with Crippen molar-refractivity contribution in [1.29, 1.82) is 0 Å². The average Bonchev–Trinajstić information content (AvgIpc) is 2.49. The molecule has 2 N–H and O–H groups in total. The third-order valence-corrected chi connectivity index (χ3v) is 3.73. The molecule has 0 spiro atoms. The van der Waals surface area contributed by atoms with Crippen molar-refractivity contribution in [1.82, 2.24) is 0 Å². The molecule has 2 rings (SSSR count). The molecule has 0 unspecified atom stereocenters. The largest absolute Gasteiger partial charge is 1.00 e. The molecule has 0 saturated heterocycles. The summed E-state index contributed by atoms with van der Waals surface area (Å²) in [6, 6.07) is 6.26. The van der Waals surface area contributed by atoms with Crippen LogP contribution in [0, 0.1) is 0 Å². The first-order valence-corrected chi connectivity index (χ1v) is 7.80. The number of carboxylic acids is 2. The van der Waals surface area contributed by atoms with Crippen molar-refractivity contribution < 1.29 is 71.8 Å². The van der Waals surface area contributed by atoms with Crippen molar-refractivity contribution in [3.8, 4) is 11.5 Å². The maximum atomic E-state index is 11.5. The van der Waals surface area contributed by atoms with Gasteiger partial charge in [0.25, 0.3) is 0 Å². The standard InChI is InChI=1S/C14H12O9S.Na/c15-13(16)6-22-9-2-1-8-3-10(23-7-14(17)18)5-12(11(8)4-9)24(19,20)21;/h1-5H,6-7H2,(H,15,16)(H,17,18)(H,19,20,21);/q;+1/p-1. The first-order valence-electron chi connectivity index (χ1n) is 6.40. The second-order valence-corrected chi connectivity index (χ2v) is 5.97. The zero-order valence-electron chi connectivity index (χ0n) is 13.0. The van der Waals surface area contributed by atoms with Crippen molar-refractivity contribution in [2.45, 2.75) is 4.90 Å². The zero-order chi connectivity index (χ0) is 17.9. The molecule has 0 bridgehead atoms. The van der Waals surface area contributed by atoms with E-state index in [4.69, 9.17) is 19.7 Å². The number of aliphatic carboxylic acids is 2. The van der Waals surface area contributed by atoms with Crippen molar-refractivity contribution in [3.63, 3.8) is 0 Å². The Hall–Kier alpha value is -1.85. The van der Waals surface area contributed by atoms with Crippen LogP contribution in [0.1, 0.15) is 0 Å². The molecule has 0 saturated carbocycles. The van der Waals surface area contributed by atoms with Crippen molar-refractivity contribution in [3.05, 3.63) is 30.3 Å². The predicted molar refractivity (Wildman–Crippen MR) is 78.2 cm³/mol. The fourth-order valence-corrected chi connectivity index (χ4v) is 2.65. The van der Waals surface area contributed by atoms with Crippen LogP contribution < -0.4 is 39.0 Å². The minimum atomic E-state index is -4.89. The fourth-order valence-electron chi connectivity index (χ4n) is 1.95. The summed E-state index contributed by atoms with van der Waals surface area (Å²) in [5.74, 6) is -2.52. The molecule has 2 aromatic rings. The molecule has 2 aromatic carbocycles. The number of benzene rings is 2. The van der Waals surface area contributed by atoms with Crippen LogP contribution in [-0.2, 0) is 19.7 Å². The topological polar surface area (TPSA) is 150 Å². The SMILES string of the molecule is O=C(O)COc1cc(S(=O)(=O)[O-])c2cc(OCC(=O)O)ccc2c1.[Na+]. The number of carboxylic acid groups (broad SMARTS) is 2. The molecule has 128 valence electrons. The Morgan fingerprint density at radius 3 is 2.04 bits per heavy atom. The van der Waals surface area contributed by atoms with Crippen LogP contribution in [0.25, 0.3) is 10.8 Å². The number of ether oxygens (including phenoxy) is 2. The zero-order valence-corrected chi connectivity index (χ0v) is 15.8. The van der Waals surface area contributed by atoms with Crippen LogP contribution in [-0.4, -0.2) is 48.3 Å². The number of fused-ring (bicyclic) bond motifs is 1. The number of carbonyl (C=O) groups is 2. The van der Waals surface area contributed by atoms with E-state index in [1.54, 1.807) is 0 Å². The molecule has 0 atom stereocenters. The van der Waals surface area contributed by atoms with E-state index in [2.05, 4.69) is 0 Å². The van der Waals surface area contributed by atoms with Crippen LogP contribution in [0.15, 0.2) is 35.2 Å². The maximum absolute atomic E-state index is 11.5. The molecule has 0 amide bonds. The summed E-state index contributed by atoms with van der Waals surface area (Å²) in [4.78, 5) is 20.4.